The minimum atomic E-state index is -0.809. The molecule has 0 bridgehead atoms. The zero-order chi connectivity index (χ0) is 13.5. The van der Waals surface area contributed by atoms with E-state index in [4.69, 9.17) is 9.84 Å². The van der Waals surface area contributed by atoms with E-state index in [-0.39, 0.29) is 0 Å². The molecule has 0 fully saturated rings. The number of nitrogens with one attached hydrogen (secondary N) is 1. The summed E-state index contributed by atoms with van der Waals surface area (Å²) in [5, 5.41) is 12.1. The Bertz CT molecular complexity index is 409. The summed E-state index contributed by atoms with van der Waals surface area (Å²) in [6.07, 6.45) is 1.46. The maximum Gasteiger partial charge on any atom is 0.320 e. The summed E-state index contributed by atoms with van der Waals surface area (Å²) in [6.45, 7) is 2.47. The first kappa shape index (κ1) is 15.0. The molecule has 1 unspecified atom stereocenters. The highest BCUT2D eigenvalue weighted by atomic mass is 79.9. The molecule has 0 radical (unpaired) electrons. The number of halogens is 1. The Labute approximate surface area is 115 Å². The van der Waals surface area contributed by atoms with Gasteiger partial charge in [-0.25, -0.2) is 0 Å². The molecule has 0 aromatic heterocycles. The first-order valence-corrected chi connectivity index (χ1v) is 6.66. The van der Waals surface area contributed by atoms with E-state index in [0.29, 0.717) is 13.0 Å². The smallest absolute Gasteiger partial charge is 0.320 e. The van der Waals surface area contributed by atoms with Crippen LogP contribution in [0.1, 0.15) is 25.3 Å². The van der Waals surface area contributed by atoms with E-state index in [9.17, 15) is 4.79 Å². The Morgan fingerprint density at radius 3 is 2.83 bits per heavy atom. The minimum absolute atomic E-state index is 0.495. The van der Waals surface area contributed by atoms with E-state index < -0.39 is 12.0 Å². The van der Waals surface area contributed by atoms with Gasteiger partial charge in [-0.15, -0.1) is 0 Å². The van der Waals surface area contributed by atoms with Gasteiger partial charge in [-0.05, 0) is 30.2 Å². The molecule has 0 aliphatic rings. The van der Waals surface area contributed by atoms with Crippen molar-refractivity contribution in [3.63, 3.8) is 0 Å². The van der Waals surface area contributed by atoms with Crippen molar-refractivity contribution in [1.29, 1.82) is 0 Å². The fourth-order valence-corrected chi connectivity index (χ4v) is 2.04. The average Bonchev–Trinajstić information content (AvgIpc) is 2.35. The molecule has 1 atom stereocenters. The lowest BCUT2D eigenvalue weighted by Gasteiger charge is -2.14. The highest BCUT2D eigenvalue weighted by molar-refractivity contribution is 9.10. The van der Waals surface area contributed by atoms with Gasteiger partial charge in [-0.1, -0.05) is 29.3 Å². The van der Waals surface area contributed by atoms with Crippen LogP contribution in [0.3, 0.4) is 0 Å². The minimum Gasteiger partial charge on any atom is -0.497 e. The Morgan fingerprint density at radius 1 is 1.56 bits per heavy atom. The van der Waals surface area contributed by atoms with Crippen LogP contribution in [0.5, 0.6) is 5.75 Å². The van der Waals surface area contributed by atoms with Crippen molar-refractivity contribution in [2.24, 2.45) is 0 Å². The van der Waals surface area contributed by atoms with Crippen molar-refractivity contribution in [3.05, 3.63) is 28.2 Å². The molecule has 0 spiro atoms. The Morgan fingerprint density at radius 2 is 2.28 bits per heavy atom. The molecule has 0 saturated heterocycles. The predicted molar refractivity (Wildman–Crippen MR) is 73.9 cm³/mol. The van der Waals surface area contributed by atoms with Gasteiger partial charge in [0.05, 0.1) is 7.11 Å². The second-order valence-corrected chi connectivity index (χ2v) is 4.87. The quantitative estimate of drug-likeness (QED) is 0.812. The van der Waals surface area contributed by atoms with Gasteiger partial charge in [0.15, 0.2) is 0 Å². The summed E-state index contributed by atoms with van der Waals surface area (Å²) in [6, 6.07) is 5.13. The van der Waals surface area contributed by atoms with Crippen molar-refractivity contribution >= 4 is 21.9 Å². The van der Waals surface area contributed by atoms with Crippen LogP contribution in [0, 0.1) is 0 Å². The monoisotopic (exact) mass is 315 g/mol. The number of carbonyl (C=O) groups is 1. The second-order valence-electron chi connectivity index (χ2n) is 4.02. The normalized spacial score (nSPS) is 12.2. The molecular formula is C13H18BrNO3. The summed E-state index contributed by atoms with van der Waals surface area (Å²) < 4.78 is 6.09. The molecular weight excluding hydrogens is 298 g/mol. The third kappa shape index (κ3) is 4.31. The molecule has 0 aliphatic carbocycles. The van der Waals surface area contributed by atoms with Crippen molar-refractivity contribution in [3.8, 4) is 5.75 Å². The molecule has 0 heterocycles. The lowest BCUT2D eigenvalue weighted by Crippen LogP contribution is -2.36. The molecule has 100 valence electrons. The Hall–Kier alpha value is -1.07. The molecule has 5 heteroatoms. The molecule has 0 saturated carbocycles. The van der Waals surface area contributed by atoms with Crippen LogP contribution < -0.4 is 10.1 Å². The summed E-state index contributed by atoms with van der Waals surface area (Å²) in [4.78, 5) is 11.0. The number of ether oxygens (including phenoxy) is 1. The van der Waals surface area contributed by atoms with Crippen molar-refractivity contribution in [2.45, 2.75) is 32.4 Å². The lowest BCUT2D eigenvalue weighted by molar-refractivity contribution is -0.139. The standard InChI is InChI=1S/C13H18BrNO3/c1-3-4-12(13(16)17)15-8-9-7-10(18-2)5-6-11(9)14/h5-7,12,15H,3-4,8H2,1-2H3,(H,16,17). The summed E-state index contributed by atoms with van der Waals surface area (Å²) in [5.74, 6) is -0.0479. The first-order chi connectivity index (χ1) is 8.58. The van der Waals surface area contributed by atoms with Crippen LogP contribution in [0.4, 0.5) is 0 Å². The molecule has 2 N–H and O–H groups in total. The van der Waals surface area contributed by atoms with Gasteiger partial charge in [0.2, 0.25) is 0 Å². The fourth-order valence-electron chi connectivity index (χ4n) is 1.65. The van der Waals surface area contributed by atoms with Crippen LogP contribution >= 0.6 is 15.9 Å². The number of carboxylic acids is 1. The van der Waals surface area contributed by atoms with Gasteiger partial charge < -0.3 is 15.2 Å². The van der Waals surface area contributed by atoms with Crippen molar-refractivity contribution in [2.75, 3.05) is 7.11 Å². The third-order valence-electron chi connectivity index (χ3n) is 2.67. The van der Waals surface area contributed by atoms with Crippen LogP contribution in [0.25, 0.3) is 0 Å². The molecule has 4 nitrogen and oxygen atoms in total. The summed E-state index contributed by atoms with van der Waals surface area (Å²) in [7, 11) is 1.61. The molecule has 18 heavy (non-hydrogen) atoms. The van der Waals surface area contributed by atoms with Gasteiger partial charge in [0.1, 0.15) is 11.8 Å². The highest BCUT2D eigenvalue weighted by Crippen LogP contribution is 2.22. The van der Waals surface area contributed by atoms with Crippen LogP contribution in [0.2, 0.25) is 0 Å². The van der Waals surface area contributed by atoms with E-state index in [2.05, 4.69) is 21.2 Å². The first-order valence-electron chi connectivity index (χ1n) is 5.87. The SMILES string of the molecule is CCCC(NCc1cc(OC)ccc1Br)C(=O)O. The highest BCUT2D eigenvalue weighted by Gasteiger charge is 2.15. The topological polar surface area (TPSA) is 58.6 Å². The summed E-state index contributed by atoms with van der Waals surface area (Å²) >= 11 is 3.44. The number of rotatable bonds is 7. The predicted octanol–water partition coefficient (Wildman–Crippen LogP) is 2.80. The zero-order valence-electron chi connectivity index (χ0n) is 10.6. The second kappa shape index (κ2) is 7.38. The lowest BCUT2D eigenvalue weighted by atomic mass is 10.1. The zero-order valence-corrected chi connectivity index (χ0v) is 12.2. The van der Waals surface area contributed by atoms with Gasteiger partial charge >= 0.3 is 5.97 Å². The molecule has 1 aromatic carbocycles. The number of hydrogen-bond acceptors (Lipinski definition) is 3. The van der Waals surface area contributed by atoms with Gasteiger partial charge in [-0.2, -0.15) is 0 Å². The Balaban J connectivity index is 2.69. The number of aliphatic carboxylic acids is 1. The van der Waals surface area contributed by atoms with Crippen molar-refractivity contribution < 1.29 is 14.6 Å². The van der Waals surface area contributed by atoms with E-state index in [1.165, 1.54) is 0 Å². The summed E-state index contributed by atoms with van der Waals surface area (Å²) in [5.41, 5.74) is 0.983. The van der Waals surface area contributed by atoms with Crippen LogP contribution in [0.15, 0.2) is 22.7 Å². The Kier molecular flexibility index (Phi) is 6.15. The number of benzene rings is 1. The van der Waals surface area contributed by atoms with E-state index in [1.807, 2.05) is 25.1 Å². The van der Waals surface area contributed by atoms with E-state index >= 15 is 0 Å². The van der Waals surface area contributed by atoms with Gasteiger partial charge in [0, 0.05) is 11.0 Å². The molecule has 1 rings (SSSR count). The maximum atomic E-state index is 11.0. The van der Waals surface area contributed by atoms with Crippen LogP contribution in [-0.4, -0.2) is 24.2 Å². The average molecular weight is 316 g/mol. The van der Waals surface area contributed by atoms with E-state index in [0.717, 1.165) is 22.2 Å². The fraction of sp³-hybridized carbons (Fsp3) is 0.462. The third-order valence-corrected chi connectivity index (χ3v) is 3.44. The number of hydrogen-bond donors (Lipinski definition) is 2. The number of methoxy groups -OCH3 is 1. The number of carboxylic acid groups (broad SMARTS) is 1. The van der Waals surface area contributed by atoms with Crippen LogP contribution in [-0.2, 0) is 11.3 Å². The van der Waals surface area contributed by atoms with Gasteiger partial charge in [0.25, 0.3) is 0 Å². The van der Waals surface area contributed by atoms with E-state index in [1.54, 1.807) is 7.11 Å². The maximum absolute atomic E-state index is 11.0. The molecule has 0 amide bonds. The largest absolute Gasteiger partial charge is 0.497 e. The van der Waals surface area contributed by atoms with Gasteiger partial charge in [-0.3, -0.25) is 4.79 Å². The van der Waals surface area contributed by atoms with Crippen molar-refractivity contribution in [1.82, 2.24) is 5.32 Å². The molecule has 1 aromatic rings. The molecule has 0 aliphatic heterocycles.